The molecule has 2 aromatic rings. The third-order valence-electron chi connectivity index (χ3n) is 3.59. The predicted molar refractivity (Wildman–Crippen MR) is 88.0 cm³/mol. The lowest BCUT2D eigenvalue weighted by atomic mass is 9.95. The second-order valence-corrected chi connectivity index (χ2v) is 7.23. The predicted octanol–water partition coefficient (Wildman–Crippen LogP) is 2.30. The Bertz CT molecular complexity index is 860. The number of carbonyl (C=O) groups excluding carboxylic acids is 1. The summed E-state index contributed by atoms with van der Waals surface area (Å²) in [5, 5.41) is 10.7. The smallest absolute Gasteiger partial charge is 0.269 e. The van der Waals surface area contributed by atoms with Gasteiger partial charge in [0.15, 0.2) is 0 Å². The van der Waals surface area contributed by atoms with Crippen molar-refractivity contribution >= 4 is 22.0 Å². The number of carbonyl (C=O) groups is 1. The number of rotatable bonds is 6. The maximum absolute atomic E-state index is 12.5. The lowest BCUT2D eigenvalue weighted by Crippen LogP contribution is -2.44. The van der Waals surface area contributed by atoms with Crippen molar-refractivity contribution in [2.75, 3.05) is 0 Å². The summed E-state index contributed by atoms with van der Waals surface area (Å²) in [6, 6.07) is 11.3. The first kappa shape index (κ1) is 17.8. The minimum absolute atomic E-state index is 0.0306. The van der Waals surface area contributed by atoms with Gasteiger partial charge in [-0.05, 0) is 43.7 Å². The molecule has 1 N–H and O–H groups in total. The van der Waals surface area contributed by atoms with Crippen LogP contribution in [0, 0.1) is 17.0 Å². The molecule has 24 heavy (non-hydrogen) atoms. The molecule has 0 fully saturated rings. The SMILES string of the molecule is Cc1ccc(S(=O)(=O)NC(C)(C=O)c2ccc([N+](=O)[O-])cc2)cc1. The fourth-order valence-electron chi connectivity index (χ4n) is 2.14. The summed E-state index contributed by atoms with van der Waals surface area (Å²) < 4.78 is 27.3. The van der Waals surface area contributed by atoms with Crippen LogP contribution in [0.25, 0.3) is 0 Å². The Balaban J connectivity index is 2.37. The minimum atomic E-state index is -3.94. The zero-order valence-corrected chi connectivity index (χ0v) is 13.9. The molecule has 7 nitrogen and oxygen atoms in total. The van der Waals surface area contributed by atoms with Crippen molar-refractivity contribution in [2.24, 2.45) is 0 Å². The van der Waals surface area contributed by atoms with Crippen LogP contribution in [-0.2, 0) is 20.4 Å². The van der Waals surface area contributed by atoms with Crippen molar-refractivity contribution < 1.29 is 18.1 Å². The molecule has 0 radical (unpaired) electrons. The molecule has 0 heterocycles. The van der Waals surface area contributed by atoms with Crippen molar-refractivity contribution in [3.63, 3.8) is 0 Å². The first-order valence-electron chi connectivity index (χ1n) is 7.00. The summed E-state index contributed by atoms with van der Waals surface area (Å²) >= 11 is 0. The van der Waals surface area contributed by atoms with Crippen molar-refractivity contribution in [2.45, 2.75) is 24.3 Å². The number of aryl methyl sites for hydroxylation is 1. The van der Waals surface area contributed by atoms with Gasteiger partial charge in [0, 0.05) is 12.1 Å². The van der Waals surface area contributed by atoms with E-state index in [1.807, 2.05) is 6.92 Å². The number of nitrogens with one attached hydrogen (secondary N) is 1. The summed E-state index contributed by atoms with van der Waals surface area (Å²) in [6.07, 6.45) is 0.458. The van der Waals surface area contributed by atoms with E-state index in [4.69, 9.17) is 0 Å². The van der Waals surface area contributed by atoms with Gasteiger partial charge >= 0.3 is 0 Å². The molecule has 1 unspecified atom stereocenters. The zero-order valence-electron chi connectivity index (χ0n) is 13.1. The third-order valence-corrected chi connectivity index (χ3v) is 5.18. The normalized spacial score (nSPS) is 13.9. The number of nitrogens with zero attached hydrogens (tertiary/aromatic N) is 1. The number of nitro benzene ring substituents is 1. The van der Waals surface area contributed by atoms with Crippen LogP contribution >= 0.6 is 0 Å². The number of hydrogen-bond donors (Lipinski definition) is 1. The largest absolute Gasteiger partial charge is 0.301 e. The zero-order chi connectivity index (χ0) is 18.0. The number of aldehydes is 1. The van der Waals surface area contributed by atoms with E-state index < -0.39 is 20.5 Å². The third kappa shape index (κ3) is 3.66. The Hall–Kier alpha value is -2.58. The van der Waals surface area contributed by atoms with Gasteiger partial charge in [0.1, 0.15) is 11.8 Å². The highest BCUT2D eigenvalue weighted by Crippen LogP contribution is 2.24. The van der Waals surface area contributed by atoms with E-state index in [-0.39, 0.29) is 10.6 Å². The summed E-state index contributed by atoms with van der Waals surface area (Å²) in [6.45, 7) is 3.23. The molecule has 2 aromatic carbocycles. The number of hydrogen-bond acceptors (Lipinski definition) is 5. The molecule has 0 aromatic heterocycles. The average molecular weight is 348 g/mol. The lowest BCUT2D eigenvalue weighted by molar-refractivity contribution is -0.384. The van der Waals surface area contributed by atoms with E-state index in [2.05, 4.69) is 4.72 Å². The highest BCUT2D eigenvalue weighted by atomic mass is 32.2. The monoisotopic (exact) mass is 348 g/mol. The Morgan fingerprint density at radius 1 is 1.08 bits per heavy atom. The molecule has 0 aliphatic rings. The Kier molecular flexibility index (Phi) is 4.81. The number of benzene rings is 2. The first-order chi connectivity index (χ1) is 11.2. The molecule has 8 heteroatoms. The number of nitro groups is 1. The second kappa shape index (κ2) is 6.50. The lowest BCUT2D eigenvalue weighted by Gasteiger charge is -2.25. The van der Waals surface area contributed by atoms with Gasteiger partial charge in [0.05, 0.1) is 9.82 Å². The van der Waals surface area contributed by atoms with Crippen LogP contribution in [0.4, 0.5) is 5.69 Å². The van der Waals surface area contributed by atoms with Gasteiger partial charge in [0.2, 0.25) is 10.0 Å². The molecular formula is C16H16N2O5S. The van der Waals surface area contributed by atoms with Crippen LogP contribution in [-0.4, -0.2) is 19.6 Å². The highest BCUT2D eigenvalue weighted by Gasteiger charge is 2.32. The maximum atomic E-state index is 12.5. The molecule has 0 bridgehead atoms. The molecule has 126 valence electrons. The molecule has 0 amide bonds. The van der Waals surface area contributed by atoms with E-state index in [0.29, 0.717) is 11.8 Å². The van der Waals surface area contributed by atoms with Crippen LogP contribution in [0.1, 0.15) is 18.1 Å². The van der Waals surface area contributed by atoms with Gasteiger partial charge in [-0.2, -0.15) is 4.72 Å². The molecule has 0 aliphatic heterocycles. The number of sulfonamides is 1. The van der Waals surface area contributed by atoms with Crippen molar-refractivity contribution in [3.05, 3.63) is 69.8 Å². The fraction of sp³-hybridized carbons (Fsp3) is 0.188. The van der Waals surface area contributed by atoms with Gasteiger partial charge in [-0.15, -0.1) is 0 Å². The van der Waals surface area contributed by atoms with Crippen LogP contribution < -0.4 is 4.72 Å². The Morgan fingerprint density at radius 2 is 1.62 bits per heavy atom. The first-order valence-corrected chi connectivity index (χ1v) is 8.48. The molecular weight excluding hydrogens is 332 g/mol. The summed E-state index contributed by atoms with van der Waals surface area (Å²) in [5.74, 6) is 0. The Labute approximate surface area is 139 Å². The van der Waals surface area contributed by atoms with Crippen molar-refractivity contribution in [3.8, 4) is 0 Å². The van der Waals surface area contributed by atoms with E-state index in [1.165, 1.54) is 43.3 Å². The summed E-state index contributed by atoms with van der Waals surface area (Å²) in [7, 11) is -3.94. The van der Waals surface area contributed by atoms with Crippen molar-refractivity contribution in [1.82, 2.24) is 4.72 Å². The van der Waals surface area contributed by atoms with E-state index >= 15 is 0 Å². The molecule has 0 saturated heterocycles. The minimum Gasteiger partial charge on any atom is -0.301 e. The molecule has 0 saturated carbocycles. The summed E-state index contributed by atoms with van der Waals surface area (Å²) in [5.41, 5.74) is -0.478. The van der Waals surface area contributed by atoms with Crippen LogP contribution in [0.15, 0.2) is 53.4 Å². The van der Waals surface area contributed by atoms with Gasteiger partial charge < -0.3 is 4.79 Å². The molecule has 1 atom stereocenters. The average Bonchev–Trinajstić information content (AvgIpc) is 2.55. The van der Waals surface area contributed by atoms with Gasteiger partial charge in [0.25, 0.3) is 5.69 Å². The topological polar surface area (TPSA) is 106 Å². The molecule has 0 aliphatic carbocycles. The highest BCUT2D eigenvalue weighted by molar-refractivity contribution is 7.89. The second-order valence-electron chi connectivity index (χ2n) is 5.54. The van der Waals surface area contributed by atoms with E-state index in [9.17, 15) is 23.3 Å². The van der Waals surface area contributed by atoms with Gasteiger partial charge in [-0.1, -0.05) is 17.7 Å². The van der Waals surface area contributed by atoms with Crippen LogP contribution in [0.3, 0.4) is 0 Å². The number of non-ortho nitro benzene ring substituents is 1. The Morgan fingerprint density at radius 3 is 2.08 bits per heavy atom. The van der Waals surface area contributed by atoms with Gasteiger partial charge in [-0.25, -0.2) is 8.42 Å². The molecule has 0 spiro atoms. The maximum Gasteiger partial charge on any atom is 0.269 e. The standard InChI is InChI=1S/C16H16N2O5S/c1-12-3-9-15(10-4-12)24(22,23)17-16(2,11-19)13-5-7-14(8-6-13)18(20)21/h3-11,17H,1-2H3. The molecule has 2 rings (SSSR count). The van der Waals surface area contributed by atoms with E-state index in [0.717, 1.165) is 5.56 Å². The van der Waals surface area contributed by atoms with Crippen LogP contribution in [0.5, 0.6) is 0 Å². The van der Waals surface area contributed by atoms with Crippen molar-refractivity contribution in [1.29, 1.82) is 0 Å². The van der Waals surface area contributed by atoms with Gasteiger partial charge in [-0.3, -0.25) is 10.1 Å². The quantitative estimate of drug-likeness (QED) is 0.490. The summed E-state index contributed by atoms with van der Waals surface area (Å²) in [4.78, 5) is 21.7. The van der Waals surface area contributed by atoms with Crippen LogP contribution in [0.2, 0.25) is 0 Å². The fourth-order valence-corrected chi connectivity index (χ4v) is 3.47. The van der Waals surface area contributed by atoms with E-state index in [1.54, 1.807) is 12.1 Å².